The van der Waals surface area contributed by atoms with Crippen molar-refractivity contribution < 1.29 is 14.3 Å². The van der Waals surface area contributed by atoms with E-state index in [9.17, 15) is 9.70 Å². The quantitative estimate of drug-likeness (QED) is 0.261. The van der Waals surface area contributed by atoms with Crippen molar-refractivity contribution in [2.24, 2.45) is 5.18 Å². The minimum Gasteiger partial charge on any atom is -0.497 e. The summed E-state index contributed by atoms with van der Waals surface area (Å²) < 4.78 is 12.3. The van der Waals surface area contributed by atoms with Gasteiger partial charge in [0, 0.05) is 49.9 Å². The molecule has 2 aromatic carbocycles. The van der Waals surface area contributed by atoms with Crippen molar-refractivity contribution in [1.29, 1.82) is 0 Å². The lowest BCUT2D eigenvalue weighted by Gasteiger charge is -2.35. The summed E-state index contributed by atoms with van der Waals surface area (Å²) >= 11 is 0. The molecule has 38 heavy (non-hydrogen) atoms. The van der Waals surface area contributed by atoms with Gasteiger partial charge in [0.05, 0.1) is 31.7 Å². The van der Waals surface area contributed by atoms with E-state index in [0.29, 0.717) is 30.1 Å². The molecule has 0 amide bonds. The molecule has 0 unspecified atom stereocenters. The Bertz CT molecular complexity index is 1220. The molecule has 1 aromatic heterocycles. The number of aldehydes is 1. The molecule has 9 heteroatoms. The van der Waals surface area contributed by atoms with E-state index < -0.39 is 0 Å². The van der Waals surface area contributed by atoms with Gasteiger partial charge in [0.15, 0.2) is 6.29 Å². The minimum atomic E-state index is -0.0873. The number of hydrogen-bond donors (Lipinski definition) is 0. The number of morpholine rings is 1. The maximum absolute atomic E-state index is 12.1. The maximum atomic E-state index is 12.1. The number of carbonyl (C=O) groups excluding carboxylic acids is 1. The monoisotopic (exact) mass is 519 g/mol. The number of ether oxygens (including phenoxy) is 2. The Kier molecular flexibility index (Phi) is 8.91. The Morgan fingerprint density at radius 3 is 2.39 bits per heavy atom. The number of methoxy groups -OCH3 is 1. The molecule has 9 nitrogen and oxygen atoms in total. The molecule has 0 bridgehead atoms. The Hall–Kier alpha value is -3.56. The molecule has 1 saturated heterocycles. The van der Waals surface area contributed by atoms with Crippen LogP contribution in [0.15, 0.2) is 53.7 Å². The molecule has 0 aliphatic carbocycles. The predicted molar refractivity (Wildman–Crippen MR) is 149 cm³/mol. The summed E-state index contributed by atoms with van der Waals surface area (Å²) in [5, 5.41) is 7.60. The van der Waals surface area contributed by atoms with Crippen LogP contribution in [0.25, 0.3) is 5.69 Å². The SMILES string of the molecule is COc1ccc(-n2nc(CN=O)c(CCN(C)c3ccc(C(C)(C)CN4CCOCC4)cc3)c2C=O)cc1. The van der Waals surface area contributed by atoms with Crippen LogP contribution in [0, 0.1) is 4.91 Å². The second kappa shape index (κ2) is 12.3. The number of nitroso groups, excluding NO2 is 1. The first-order chi connectivity index (χ1) is 18.4. The fourth-order valence-electron chi connectivity index (χ4n) is 5.00. The van der Waals surface area contributed by atoms with Crippen LogP contribution in [0.2, 0.25) is 0 Å². The number of hydrogen-bond acceptors (Lipinski definition) is 8. The second-order valence-corrected chi connectivity index (χ2v) is 10.3. The number of rotatable bonds is 12. The summed E-state index contributed by atoms with van der Waals surface area (Å²) in [6, 6.07) is 16.0. The van der Waals surface area contributed by atoms with Crippen molar-refractivity contribution in [1.82, 2.24) is 14.7 Å². The highest BCUT2D eigenvalue weighted by molar-refractivity contribution is 5.76. The van der Waals surface area contributed by atoms with Crippen LogP contribution in [-0.4, -0.2) is 74.5 Å². The van der Waals surface area contributed by atoms with E-state index in [-0.39, 0.29) is 12.0 Å². The van der Waals surface area contributed by atoms with Gasteiger partial charge in [-0.3, -0.25) is 9.69 Å². The predicted octanol–water partition coefficient (Wildman–Crippen LogP) is 4.25. The van der Waals surface area contributed by atoms with Gasteiger partial charge in [-0.25, -0.2) is 4.68 Å². The van der Waals surface area contributed by atoms with E-state index in [1.54, 1.807) is 11.8 Å². The summed E-state index contributed by atoms with van der Waals surface area (Å²) in [5.41, 5.74) is 4.82. The topological polar surface area (TPSA) is 89.3 Å². The number of benzene rings is 2. The molecule has 0 atom stereocenters. The minimum absolute atomic E-state index is 0.0279. The van der Waals surface area contributed by atoms with Crippen molar-refractivity contribution in [3.63, 3.8) is 0 Å². The van der Waals surface area contributed by atoms with Gasteiger partial charge in [-0.1, -0.05) is 31.2 Å². The molecule has 1 aliphatic heterocycles. The smallest absolute Gasteiger partial charge is 0.168 e. The van der Waals surface area contributed by atoms with Crippen molar-refractivity contribution in [2.45, 2.75) is 32.2 Å². The molecule has 0 saturated carbocycles. The van der Waals surface area contributed by atoms with E-state index in [0.717, 1.165) is 56.1 Å². The summed E-state index contributed by atoms with van der Waals surface area (Å²) in [4.78, 5) is 27.9. The molecular formula is C29H37N5O4. The zero-order valence-corrected chi connectivity index (χ0v) is 22.7. The molecule has 1 aliphatic rings. The van der Waals surface area contributed by atoms with Crippen LogP contribution in [0.1, 0.15) is 41.2 Å². The van der Waals surface area contributed by atoms with Gasteiger partial charge in [-0.2, -0.15) is 10.0 Å². The van der Waals surface area contributed by atoms with Crippen molar-refractivity contribution in [3.8, 4) is 11.4 Å². The molecule has 0 spiro atoms. The average Bonchev–Trinajstić information content (AvgIpc) is 3.29. The van der Waals surface area contributed by atoms with Crippen LogP contribution in [0.3, 0.4) is 0 Å². The average molecular weight is 520 g/mol. The van der Waals surface area contributed by atoms with E-state index in [1.165, 1.54) is 5.56 Å². The molecule has 202 valence electrons. The lowest BCUT2D eigenvalue weighted by atomic mass is 9.84. The zero-order chi connectivity index (χ0) is 27.1. The van der Waals surface area contributed by atoms with Gasteiger partial charge in [0.2, 0.25) is 0 Å². The molecule has 0 radical (unpaired) electrons. The van der Waals surface area contributed by atoms with E-state index in [4.69, 9.17) is 9.47 Å². The maximum Gasteiger partial charge on any atom is 0.168 e. The van der Waals surface area contributed by atoms with Crippen LogP contribution >= 0.6 is 0 Å². The fraction of sp³-hybridized carbons (Fsp3) is 0.448. The van der Waals surface area contributed by atoms with Gasteiger partial charge in [0.25, 0.3) is 0 Å². The Morgan fingerprint density at radius 2 is 1.79 bits per heavy atom. The third-order valence-corrected chi connectivity index (χ3v) is 7.26. The number of anilines is 1. The Balaban J connectivity index is 1.47. The van der Waals surface area contributed by atoms with Crippen LogP contribution < -0.4 is 9.64 Å². The van der Waals surface area contributed by atoms with E-state index in [2.05, 4.69) is 58.2 Å². The lowest BCUT2D eigenvalue weighted by molar-refractivity contribution is 0.0295. The third kappa shape index (κ3) is 6.28. The van der Waals surface area contributed by atoms with Gasteiger partial charge >= 0.3 is 0 Å². The summed E-state index contributed by atoms with van der Waals surface area (Å²) in [6.45, 7) is 9.67. The number of nitrogens with zero attached hydrogens (tertiary/aromatic N) is 5. The third-order valence-electron chi connectivity index (χ3n) is 7.26. The molecular weight excluding hydrogens is 482 g/mol. The van der Waals surface area contributed by atoms with Gasteiger partial charge in [-0.15, -0.1) is 0 Å². The molecule has 1 fully saturated rings. The number of likely N-dealkylation sites (N-methyl/N-ethyl adjacent to an activating group) is 1. The normalized spacial score (nSPS) is 14.3. The molecule has 2 heterocycles. The number of carbonyl (C=O) groups is 1. The Labute approximate surface area is 224 Å². The second-order valence-electron chi connectivity index (χ2n) is 10.3. The van der Waals surface area contributed by atoms with Crippen LogP contribution in [-0.2, 0) is 23.1 Å². The standard InChI is InChI=1S/C29H37N5O4/c1-29(2,21-33-15-17-38-18-16-33)22-5-7-23(8-6-22)32(3)14-13-26-27(19-30-36)31-34(28(26)20-35)24-9-11-25(37-4)12-10-24/h5-12,20H,13-19,21H2,1-4H3. The largest absolute Gasteiger partial charge is 0.497 e. The highest BCUT2D eigenvalue weighted by Gasteiger charge is 2.25. The zero-order valence-electron chi connectivity index (χ0n) is 22.7. The summed E-state index contributed by atoms with van der Waals surface area (Å²) in [5.74, 6) is 0.709. The van der Waals surface area contributed by atoms with Crippen LogP contribution in [0.4, 0.5) is 5.69 Å². The highest BCUT2D eigenvalue weighted by Crippen LogP contribution is 2.28. The van der Waals surface area contributed by atoms with Crippen molar-refractivity contribution >= 4 is 12.0 Å². The van der Waals surface area contributed by atoms with E-state index in [1.807, 2.05) is 31.3 Å². The van der Waals surface area contributed by atoms with Crippen molar-refractivity contribution in [2.75, 3.05) is 58.5 Å². The number of aromatic nitrogens is 2. The Morgan fingerprint density at radius 1 is 1.11 bits per heavy atom. The van der Waals surface area contributed by atoms with Gasteiger partial charge in [-0.05, 0) is 48.4 Å². The first-order valence-corrected chi connectivity index (χ1v) is 13.0. The van der Waals surface area contributed by atoms with Crippen LogP contribution in [0.5, 0.6) is 5.75 Å². The lowest BCUT2D eigenvalue weighted by Crippen LogP contribution is -2.43. The first kappa shape index (κ1) is 27.5. The fourth-order valence-corrected chi connectivity index (χ4v) is 5.00. The summed E-state index contributed by atoms with van der Waals surface area (Å²) in [6.07, 6.45) is 1.35. The van der Waals surface area contributed by atoms with Crippen molar-refractivity contribution in [3.05, 3.63) is 76.0 Å². The highest BCUT2D eigenvalue weighted by atomic mass is 16.5. The van der Waals surface area contributed by atoms with Gasteiger partial charge < -0.3 is 14.4 Å². The van der Waals surface area contributed by atoms with E-state index >= 15 is 0 Å². The molecule has 0 N–H and O–H groups in total. The molecule has 3 aromatic rings. The summed E-state index contributed by atoms with van der Waals surface area (Å²) in [7, 11) is 3.63. The molecule has 4 rings (SSSR count). The first-order valence-electron chi connectivity index (χ1n) is 13.0. The van der Waals surface area contributed by atoms with Gasteiger partial charge in [0.1, 0.15) is 18.0 Å².